The molecule has 3 N–H and O–H groups in total. The number of benzene rings is 1. The van der Waals surface area contributed by atoms with E-state index in [1.54, 1.807) is 31.3 Å². The van der Waals surface area contributed by atoms with Gasteiger partial charge in [0.15, 0.2) is 0 Å². The van der Waals surface area contributed by atoms with Gasteiger partial charge < -0.3 is 15.8 Å². The van der Waals surface area contributed by atoms with E-state index in [1.807, 2.05) is 0 Å². The third-order valence-corrected chi connectivity index (χ3v) is 3.00. The minimum Gasteiger partial charge on any atom is -0.478 e. The molecule has 6 nitrogen and oxygen atoms in total. The number of rotatable bonds is 4. The molecule has 1 aromatic rings. The van der Waals surface area contributed by atoms with Crippen LogP contribution in [0, 0.1) is 0 Å². The van der Waals surface area contributed by atoms with Crippen molar-refractivity contribution in [1.82, 2.24) is 10.7 Å². The van der Waals surface area contributed by atoms with Crippen LogP contribution in [0.1, 0.15) is 28.8 Å². The molecular formula is C14H19IN4O2. The highest BCUT2D eigenvalue weighted by Gasteiger charge is 2.14. The number of halogens is 1. The predicted molar refractivity (Wildman–Crippen MR) is 94.0 cm³/mol. The van der Waals surface area contributed by atoms with Gasteiger partial charge in [-0.05, 0) is 25.0 Å². The lowest BCUT2D eigenvalue weighted by Gasteiger charge is -2.11. The highest BCUT2D eigenvalue weighted by molar-refractivity contribution is 14.0. The number of carbonyl (C=O) groups is 1. The van der Waals surface area contributed by atoms with Gasteiger partial charge in [0, 0.05) is 25.7 Å². The predicted octanol–water partition coefficient (Wildman–Crippen LogP) is 1.71. The summed E-state index contributed by atoms with van der Waals surface area (Å²) in [6.07, 6.45) is 2.14. The molecule has 1 heterocycles. The summed E-state index contributed by atoms with van der Waals surface area (Å²) in [6.45, 7) is 1.65. The molecule has 0 atom stereocenters. The van der Waals surface area contributed by atoms with Gasteiger partial charge in [-0.15, -0.1) is 24.0 Å². The molecule has 0 spiro atoms. The molecule has 0 aromatic heterocycles. The number of aromatic carboxylic acids is 1. The number of hydrazone groups is 1. The standard InChI is InChI=1S/C14H18N4O2.HI/c1-15-18-12(13-16-8-2-3-9-17-13)10-4-6-11(7-5-10)14(19)20;/h4-7,15H,2-3,8-9H2,1H3,(H,16,17)(H,19,20);1H. The fourth-order valence-electron chi connectivity index (χ4n) is 1.99. The number of carboxylic acids is 1. The van der Waals surface area contributed by atoms with Gasteiger partial charge in [-0.2, -0.15) is 5.10 Å². The van der Waals surface area contributed by atoms with Gasteiger partial charge in [-0.1, -0.05) is 12.1 Å². The number of hydrogen-bond acceptors (Lipinski definition) is 5. The van der Waals surface area contributed by atoms with Crippen molar-refractivity contribution in [3.05, 3.63) is 35.4 Å². The molecule has 1 aliphatic rings. The van der Waals surface area contributed by atoms with Crippen molar-refractivity contribution >= 4 is 41.5 Å². The topological polar surface area (TPSA) is 86.1 Å². The lowest BCUT2D eigenvalue weighted by atomic mass is 10.1. The largest absolute Gasteiger partial charge is 0.478 e. The highest BCUT2D eigenvalue weighted by atomic mass is 127. The average Bonchev–Trinajstić information content (AvgIpc) is 2.74. The molecule has 0 unspecified atom stereocenters. The van der Waals surface area contributed by atoms with E-state index in [4.69, 9.17) is 5.11 Å². The average molecular weight is 402 g/mol. The second kappa shape index (κ2) is 8.60. The van der Waals surface area contributed by atoms with E-state index in [2.05, 4.69) is 20.8 Å². The van der Waals surface area contributed by atoms with Gasteiger partial charge in [-0.25, -0.2) is 4.79 Å². The normalized spacial score (nSPS) is 15.1. The van der Waals surface area contributed by atoms with Gasteiger partial charge in [0.05, 0.1) is 5.56 Å². The Morgan fingerprint density at radius 1 is 1.29 bits per heavy atom. The first kappa shape index (κ1) is 17.4. The van der Waals surface area contributed by atoms with E-state index in [9.17, 15) is 4.79 Å². The zero-order chi connectivity index (χ0) is 14.4. The minimum atomic E-state index is -0.936. The van der Waals surface area contributed by atoms with Crippen molar-refractivity contribution in [1.29, 1.82) is 0 Å². The van der Waals surface area contributed by atoms with E-state index in [-0.39, 0.29) is 29.5 Å². The Morgan fingerprint density at radius 3 is 2.57 bits per heavy atom. The Morgan fingerprint density at radius 2 is 1.95 bits per heavy atom. The summed E-state index contributed by atoms with van der Waals surface area (Å²) in [5.74, 6) is -0.187. The summed E-state index contributed by atoms with van der Waals surface area (Å²) in [5, 5.41) is 16.5. The van der Waals surface area contributed by atoms with E-state index in [0.717, 1.165) is 37.3 Å². The maximum atomic E-state index is 10.9. The summed E-state index contributed by atoms with van der Waals surface area (Å²) in [5.41, 5.74) is 4.56. The van der Waals surface area contributed by atoms with E-state index < -0.39 is 5.97 Å². The molecule has 0 saturated carbocycles. The van der Waals surface area contributed by atoms with Crippen LogP contribution in [0.15, 0.2) is 34.4 Å². The molecule has 114 valence electrons. The van der Waals surface area contributed by atoms with E-state index in [1.165, 1.54) is 0 Å². The second-order valence-electron chi connectivity index (χ2n) is 4.43. The summed E-state index contributed by atoms with van der Waals surface area (Å²) in [6, 6.07) is 6.63. The van der Waals surface area contributed by atoms with Crippen molar-refractivity contribution in [2.24, 2.45) is 10.1 Å². The van der Waals surface area contributed by atoms with Gasteiger partial charge in [0.1, 0.15) is 11.5 Å². The Kier molecular flexibility index (Phi) is 7.13. The summed E-state index contributed by atoms with van der Waals surface area (Å²) in [4.78, 5) is 15.4. The highest BCUT2D eigenvalue weighted by Crippen LogP contribution is 2.08. The minimum absolute atomic E-state index is 0. The molecular weight excluding hydrogens is 383 g/mol. The molecule has 0 saturated heterocycles. The SMILES string of the molecule is CNN=C(C1=NCCCCN1)c1ccc(C(=O)O)cc1.I. The number of amidine groups is 1. The third-order valence-electron chi connectivity index (χ3n) is 3.00. The molecule has 7 heteroatoms. The number of hydrogen-bond donors (Lipinski definition) is 3. The van der Waals surface area contributed by atoms with E-state index in [0.29, 0.717) is 5.71 Å². The quantitative estimate of drug-likeness (QED) is 0.407. The molecule has 0 bridgehead atoms. The van der Waals surface area contributed by atoms with Crippen LogP contribution in [-0.4, -0.2) is 42.8 Å². The number of nitrogens with one attached hydrogen (secondary N) is 2. The first-order valence-corrected chi connectivity index (χ1v) is 6.59. The van der Waals surface area contributed by atoms with Crippen LogP contribution >= 0.6 is 24.0 Å². The van der Waals surface area contributed by atoms with Crippen LogP contribution in [0.5, 0.6) is 0 Å². The molecule has 1 aromatic carbocycles. The maximum Gasteiger partial charge on any atom is 0.335 e. The maximum absolute atomic E-state index is 10.9. The number of nitrogens with zero attached hydrogens (tertiary/aromatic N) is 2. The zero-order valence-corrected chi connectivity index (χ0v) is 14.1. The monoisotopic (exact) mass is 402 g/mol. The van der Waals surface area contributed by atoms with E-state index >= 15 is 0 Å². The Balaban J connectivity index is 0.00000220. The van der Waals surface area contributed by atoms with Crippen molar-refractivity contribution in [2.75, 3.05) is 20.1 Å². The van der Waals surface area contributed by atoms with Crippen molar-refractivity contribution in [2.45, 2.75) is 12.8 Å². The Labute approximate surface area is 140 Å². The van der Waals surface area contributed by atoms with Gasteiger partial charge in [-0.3, -0.25) is 4.99 Å². The third kappa shape index (κ3) is 4.69. The number of carboxylic acid groups (broad SMARTS) is 1. The van der Waals surface area contributed by atoms with Gasteiger partial charge >= 0.3 is 5.97 Å². The summed E-state index contributed by atoms with van der Waals surface area (Å²) < 4.78 is 0. The molecule has 2 rings (SSSR count). The smallest absolute Gasteiger partial charge is 0.335 e. The molecule has 1 aliphatic heterocycles. The zero-order valence-electron chi connectivity index (χ0n) is 11.8. The molecule has 0 fully saturated rings. The molecule has 21 heavy (non-hydrogen) atoms. The van der Waals surface area contributed by atoms with Crippen LogP contribution < -0.4 is 10.7 Å². The molecule has 0 radical (unpaired) electrons. The Bertz CT molecular complexity index is 540. The van der Waals surface area contributed by atoms with Gasteiger partial charge in [0.2, 0.25) is 0 Å². The lowest BCUT2D eigenvalue weighted by molar-refractivity contribution is 0.0697. The van der Waals surface area contributed by atoms with Crippen LogP contribution in [0.3, 0.4) is 0 Å². The fourth-order valence-corrected chi connectivity index (χ4v) is 1.99. The van der Waals surface area contributed by atoms with Gasteiger partial charge in [0.25, 0.3) is 0 Å². The van der Waals surface area contributed by atoms with Crippen LogP contribution in [-0.2, 0) is 0 Å². The first-order valence-electron chi connectivity index (χ1n) is 6.59. The van der Waals surface area contributed by atoms with Crippen LogP contribution in [0.25, 0.3) is 0 Å². The molecule has 0 amide bonds. The second-order valence-corrected chi connectivity index (χ2v) is 4.43. The summed E-state index contributed by atoms with van der Waals surface area (Å²) >= 11 is 0. The Hall–Kier alpha value is -1.64. The fraction of sp³-hybridized carbons (Fsp3) is 0.357. The lowest BCUT2D eigenvalue weighted by Crippen LogP contribution is -2.33. The van der Waals surface area contributed by atoms with Crippen molar-refractivity contribution in [3.8, 4) is 0 Å². The number of aliphatic imine (C=N–C) groups is 1. The first-order chi connectivity index (χ1) is 9.72. The van der Waals surface area contributed by atoms with Crippen molar-refractivity contribution in [3.63, 3.8) is 0 Å². The van der Waals surface area contributed by atoms with Crippen LogP contribution in [0.4, 0.5) is 0 Å². The molecule has 0 aliphatic carbocycles. The van der Waals surface area contributed by atoms with Crippen LogP contribution in [0.2, 0.25) is 0 Å². The summed E-state index contributed by atoms with van der Waals surface area (Å²) in [7, 11) is 1.73. The van der Waals surface area contributed by atoms with Crippen molar-refractivity contribution < 1.29 is 9.90 Å².